The second-order valence-electron chi connectivity index (χ2n) is 6.67. The molecule has 2 rings (SSSR count). The van der Waals surface area contributed by atoms with Crippen molar-refractivity contribution in [1.29, 1.82) is 0 Å². The minimum atomic E-state index is -3.96. The third-order valence-corrected chi connectivity index (χ3v) is 5.08. The molecule has 0 unspecified atom stereocenters. The number of hydrogen-bond acceptors (Lipinski definition) is 5. The topological polar surface area (TPSA) is 89.0 Å². The van der Waals surface area contributed by atoms with E-state index < -0.39 is 15.9 Å². The van der Waals surface area contributed by atoms with Gasteiger partial charge in [-0.25, -0.2) is 23.1 Å². The van der Waals surface area contributed by atoms with Crippen LogP contribution in [0.15, 0.2) is 47.8 Å². The Morgan fingerprint density at radius 3 is 2.52 bits per heavy atom. The van der Waals surface area contributed by atoms with Crippen molar-refractivity contribution in [2.45, 2.75) is 38.0 Å². The standard InChI is InChI=1S/C18H21N3O3S/c1-13-5-6-14(18(2,3)4)11-16(13)25(23,24)21-17(22)8-7-15-9-10-19-12-20-15/h5-12H,1-4H3,(H,21,22). The summed E-state index contributed by atoms with van der Waals surface area (Å²) in [6.07, 6.45) is 5.42. The van der Waals surface area contributed by atoms with Gasteiger partial charge >= 0.3 is 0 Å². The van der Waals surface area contributed by atoms with E-state index in [4.69, 9.17) is 0 Å². The van der Waals surface area contributed by atoms with Crippen LogP contribution in [0.3, 0.4) is 0 Å². The molecule has 6 nitrogen and oxygen atoms in total. The van der Waals surface area contributed by atoms with Gasteiger partial charge in [-0.05, 0) is 41.7 Å². The second kappa shape index (κ2) is 7.14. The summed E-state index contributed by atoms with van der Waals surface area (Å²) in [6.45, 7) is 7.69. The Bertz CT molecular complexity index is 899. The minimum absolute atomic E-state index is 0.101. The number of benzene rings is 1. The van der Waals surface area contributed by atoms with Crippen LogP contribution in [-0.4, -0.2) is 24.3 Å². The molecule has 0 saturated heterocycles. The molecule has 0 spiro atoms. The van der Waals surface area contributed by atoms with E-state index in [9.17, 15) is 13.2 Å². The largest absolute Gasteiger partial charge is 0.269 e. The quantitative estimate of drug-likeness (QED) is 0.848. The summed E-state index contributed by atoms with van der Waals surface area (Å²) >= 11 is 0. The maximum absolute atomic E-state index is 12.6. The molecule has 1 aromatic heterocycles. The van der Waals surface area contributed by atoms with Gasteiger partial charge in [0.25, 0.3) is 15.9 Å². The molecule has 2 aromatic rings. The van der Waals surface area contributed by atoms with Crippen molar-refractivity contribution in [3.63, 3.8) is 0 Å². The lowest BCUT2D eigenvalue weighted by Crippen LogP contribution is -2.30. The Morgan fingerprint density at radius 2 is 1.92 bits per heavy atom. The molecular formula is C18H21N3O3S. The third-order valence-electron chi connectivity index (χ3n) is 3.59. The zero-order chi connectivity index (χ0) is 18.7. The van der Waals surface area contributed by atoms with E-state index in [2.05, 4.69) is 14.7 Å². The molecule has 0 radical (unpaired) electrons. The van der Waals surface area contributed by atoms with E-state index in [0.29, 0.717) is 11.3 Å². The van der Waals surface area contributed by atoms with Gasteiger partial charge in [0, 0.05) is 12.3 Å². The van der Waals surface area contributed by atoms with Crippen molar-refractivity contribution in [3.05, 3.63) is 59.7 Å². The van der Waals surface area contributed by atoms with Crippen molar-refractivity contribution in [3.8, 4) is 0 Å². The van der Waals surface area contributed by atoms with E-state index in [1.807, 2.05) is 26.8 Å². The Hall–Kier alpha value is -2.54. The molecule has 1 aromatic carbocycles. The first-order valence-corrected chi connectivity index (χ1v) is 9.20. The number of aryl methyl sites for hydroxylation is 1. The Labute approximate surface area is 148 Å². The molecule has 0 bridgehead atoms. The highest BCUT2D eigenvalue weighted by atomic mass is 32.2. The first-order valence-electron chi connectivity index (χ1n) is 7.71. The van der Waals surface area contributed by atoms with E-state index in [1.54, 1.807) is 25.1 Å². The number of amides is 1. The van der Waals surface area contributed by atoms with Crippen LogP contribution >= 0.6 is 0 Å². The fraction of sp³-hybridized carbons (Fsp3) is 0.278. The van der Waals surface area contributed by atoms with E-state index in [-0.39, 0.29) is 10.3 Å². The average molecular weight is 359 g/mol. The number of carbonyl (C=O) groups is 1. The van der Waals surface area contributed by atoms with E-state index >= 15 is 0 Å². The maximum Gasteiger partial charge on any atom is 0.264 e. The van der Waals surface area contributed by atoms with Gasteiger partial charge in [-0.2, -0.15) is 0 Å². The third kappa shape index (κ3) is 4.96. The van der Waals surface area contributed by atoms with Crippen LogP contribution < -0.4 is 4.72 Å². The first-order chi connectivity index (χ1) is 11.6. The summed E-state index contributed by atoms with van der Waals surface area (Å²) in [5, 5.41) is 0. The van der Waals surface area contributed by atoms with Crippen LogP contribution in [0, 0.1) is 6.92 Å². The lowest BCUT2D eigenvalue weighted by molar-refractivity contribution is -0.114. The summed E-state index contributed by atoms with van der Waals surface area (Å²) < 4.78 is 27.2. The molecule has 1 heterocycles. The molecule has 0 aliphatic heterocycles. The van der Waals surface area contributed by atoms with Crippen LogP contribution in [-0.2, 0) is 20.2 Å². The summed E-state index contributed by atoms with van der Waals surface area (Å²) in [7, 11) is -3.96. The fourth-order valence-corrected chi connectivity index (χ4v) is 3.36. The number of nitrogens with zero attached hydrogens (tertiary/aromatic N) is 2. The van der Waals surface area contributed by atoms with Gasteiger partial charge in [-0.1, -0.05) is 32.9 Å². The second-order valence-corrected chi connectivity index (χ2v) is 8.32. The number of hydrogen-bond donors (Lipinski definition) is 1. The molecule has 0 aliphatic rings. The van der Waals surface area contributed by atoms with Crippen molar-refractivity contribution < 1.29 is 13.2 Å². The predicted octanol–water partition coefficient (Wildman–Crippen LogP) is 2.60. The SMILES string of the molecule is Cc1ccc(C(C)(C)C)cc1S(=O)(=O)NC(=O)C=Cc1ccncn1. The number of rotatable bonds is 4. The van der Waals surface area contributed by atoms with Crippen molar-refractivity contribution in [2.75, 3.05) is 0 Å². The molecular weight excluding hydrogens is 338 g/mol. The lowest BCUT2D eigenvalue weighted by atomic mass is 9.87. The maximum atomic E-state index is 12.6. The number of carbonyl (C=O) groups excluding carboxylic acids is 1. The summed E-state index contributed by atoms with van der Waals surface area (Å²) in [5.41, 5.74) is 1.76. The molecule has 132 valence electrons. The van der Waals surface area contributed by atoms with Gasteiger partial charge in [0.15, 0.2) is 0 Å². The molecule has 0 atom stereocenters. The van der Waals surface area contributed by atoms with Crippen molar-refractivity contribution in [1.82, 2.24) is 14.7 Å². The van der Waals surface area contributed by atoms with Gasteiger partial charge in [-0.15, -0.1) is 0 Å². The zero-order valence-electron chi connectivity index (χ0n) is 14.6. The van der Waals surface area contributed by atoms with E-state index in [1.165, 1.54) is 18.6 Å². The fourth-order valence-electron chi connectivity index (χ4n) is 2.14. The van der Waals surface area contributed by atoms with Crippen molar-refractivity contribution in [2.24, 2.45) is 0 Å². The molecule has 7 heteroatoms. The van der Waals surface area contributed by atoms with Gasteiger partial charge in [0.2, 0.25) is 0 Å². The summed E-state index contributed by atoms with van der Waals surface area (Å²) in [4.78, 5) is 19.8. The highest BCUT2D eigenvalue weighted by molar-refractivity contribution is 7.90. The molecule has 0 saturated carbocycles. The Kier molecular flexibility index (Phi) is 5.37. The number of nitrogens with one attached hydrogen (secondary N) is 1. The van der Waals surface area contributed by atoms with E-state index in [0.717, 1.165) is 11.6 Å². The highest BCUT2D eigenvalue weighted by Gasteiger charge is 2.22. The van der Waals surface area contributed by atoms with Gasteiger partial charge in [0.05, 0.1) is 10.6 Å². The normalized spacial score (nSPS) is 12.3. The number of sulfonamides is 1. The van der Waals surface area contributed by atoms with Gasteiger partial charge in [0.1, 0.15) is 6.33 Å². The van der Waals surface area contributed by atoms with Crippen LogP contribution in [0.25, 0.3) is 6.08 Å². The molecule has 0 aliphatic carbocycles. The van der Waals surface area contributed by atoms with Gasteiger partial charge in [-0.3, -0.25) is 4.79 Å². The monoisotopic (exact) mass is 359 g/mol. The summed E-state index contributed by atoms with van der Waals surface area (Å²) in [5.74, 6) is -0.737. The van der Waals surface area contributed by atoms with Crippen LogP contribution in [0.5, 0.6) is 0 Å². The zero-order valence-corrected chi connectivity index (χ0v) is 15.5. The smallest absolute Gasteiger partial charge is 0.264 e. The molecule has 25 heavy (non-hydrogen) atoms. The molecule has 1 N–H and O–H groups in total. The molecule has 0 fully saturated rings. The van der Waals surface area contributed by atoms with Gasteiger partial charge < -0.3 is 0 Å². The highest BCUT2D eigenvalue weighted by Crippen LogP contribution is 2.26. The Morgan fingerprint density at radius 1 is 1.20 bits per heavy atom. The molecule has 1 amide bonds. The average Bonchev–Trinajstić information content (AvgIpc) is 2.52. The van der Waals surface area contributed by atoms with Crippen LogP contribution in [0.1, 0.15) is 37.6 Å². The predicted molar refractivity (Wildman–Crippen MR) is 96.3 cm³/mol. The Balaban J connectivity index is 2.24. The van der Waals surface area contributed by atoms with Crippen LogP contribution in [0.4, 0.5) is 0 Å². The lowest BCUT2D eigenvalue weighted by Gasteiger charge is -2.20. The van der Waals surface area contributed by atoms with Crippen LogP contribution in [0.2, 0.25) is 0 Å². The number of aromatic nitrogens is 2. The first kappa shape index (κ1) is 18.8. The summed E-state index contributed by atoms with van der Waals surface area (Å²) in [6, 6.07) is 6.86. The van der Waals surface area contributed by atoms with Crippen molar-refractivity contribution >= 4 is 22.0 Å². The minimum Gasteiger partial charge on any atom is -0.269 e.